The molecule has 0 aliphatic heterocycles. The fourth-order valence-corrected chi connectivity index (χ4v) is 5.59. The molecule has 0 bridgehead atoms. The highest BCUT2D eigenvalue weighted by Crippen LogP contribution is 2.44. The smallest absolute Gasteiger partial charge is 0.238 e. The van der Waals surface area contributed by atoms with E-state index in [1.807, 2.05) is 0 Å². The van der Waals surface area contributed by atoms with Gasteiger partial charge < -0.3 is 5.32 Å². The van der Waals surface area contributed by atoms with Crippen LogP contribution in [0, 0.1) is 11.3 Å². The van der Waals surface area contributed by atoms with E-state index in [4.69, 9.17) is 5.14 Å². The van der Waals surface area contributed by atoms with E-state index in [0.717, 1.165) is 34.6 Å². The molecule has 3 aromatic rings. The highest BCUT2D eigenvalue weighted by Gasteiger charge is 2.31. The van der Waals surface area contributed by atoms with Crippen LogP contribution in [0.15, 0.2) is 35.5 Å². The molecule has 4 rings (SSSR count). The Morgan fingerprint density at radius 1 is 1.18 bits per heavy atom. The largest absolute Gasteiger partial charge is 0.340 e. The summed E-state index contributed by atoms with van der Waals surface area (Å²) in [5.74, 6) is 1.43. The summed E-state index contributed by atoms with van der Waals surface area (Å²) in [4.78, 5) is 11.5. The molecule has 1 atom stereocenters. The van der Waals surface area contributed by atoms with Crippen LogP contribution < -0.4 is 10.5 Å². The Labute approximate surface area is 169 Å². The number of aromatic nitrogens is 2. The summed E-state index contributed by atoms with van der Waals surface area (Å²) < 4.78 is 22.9. The van der Waals surface area contributed by atoms with E-state index in [0.29, 0.717) is 11.3 Å². The average Bonchev–Trinajstić information content (AvgIpc) is 2.99. The van der Waals surface area contributed by atoms with Crippen molar-refractivity contribution in [1.29, 1.82) is 0 Å². The Morgan fingerprint density at radius 2 is 1.89 bits per heavy atom. The molecule has 1 aliphatic carbocycles. The van der Waals surface area contributed by atoms with Crippen molar-refractivity contribution in [2.75, 3.05) is 5.32 Å². The molecule has 8 heteroatoms. The lowest BCUT2D eigenvalue weighted by Crippen LogP contribution is -2.26. The van der Waals surface area contributed by atoms with Crippen molar-refractivity contribution in [2.45, 2.75) is 44.9 Å². The number of rotatable bonds is 3. The van der Waals surface area contributed by atoms with Gasteiger partial charge in [0, 0.05) is 10.6 Å². The van der Waals surface area contributed by atoms with Crippen LogP contribution in [-0.4, -0.2) is 18.4 Å². The zero-order valence-corrected chi connectivity index (χ0v) is 17.8. The molecular formula is C20H24N4O2S2. The number of fused-ring (bicyclic) bond motifs is 3. The second kappa shape index (κ2) is 6.79. The van der Waals surface area contributed by atoms with Crippen LogP contribution in [0.1, 0.15) is 37.6 Å². The van der Waals surface area contributed by atoms with Crippen molar-refractivity contribution in [2.24, 2.45) is 16.5 Å². The van der Waals surface area contributed by atoms with Gasteiger partial charge in [-0.1, -0.05) is 20.8 Å². The minimum Gasteiger partial charge on any atom is -0.340 e. The maximum Gasteiger partial charge on any atom is 0.238 e. The second-order valence-corrected chi connectivity index (χ2v) is 11.1. The quantitative estimate of drug-likeness (QED) is 0.666. The summed E-state index contributed by atoms with van der Waals surface area (Å²) in [6.45, 7) is 6.94. The van der Waals surface area contributed by atoms with Gasteiger partial charge in [0.15, 0.2) is 0 Å². The Hall–Kier alpha value is -2.03. The number of nitrogens with two attached hydrogens (primary N) is 1. The number of hydrogen-bond acceptors (Lipinski definition) is 6. The van der Waals surface area contributed by atoms with E-state index < -0.39 is 10.0 Å². The number of benzene rings is 1. The van der Waals surface area contributed by atoms with Crippen molar-refractivity contribution in [1.82, 2.24) is 9.97 Å². The second-order valence-electron chi connectivity index (χ2n) is 8.41. The van der Waals surface area contributed by atoms with Gasteiger partial charge >= 0.3 is 0 Å². The van der Waals surface area contributed by atoms with Crippen LogP contribution in [0.5, 0.6) is 0 Å². The minimum absolute atomic E-state index is 0.0898. The van der Waals surface area contributed by atoms with Crippen molar-refractivity contribution in [3.05, 3.63) is 41.0 Å². The molecular weight excluding hydrogens is 392 g/mol. The Bertz CT molecular complexity index is 1130. The predicted octanol–water partition coefficient (Wildman–Crippen LogP) is 4.23. The molecule has 0 amide bonds. The van der Waals surface area contributed by atoms with Crippen molar-refractivity contribution < 1.29 is 8.42 Å². The normalized spacial score (nSPS) is 17.5. The zero-order valence-electron chi connectivity index (χ0n) is 16.2. The number of nitrogens with one attached hydrogen (secondary N) is 1. The third-order valence-corrected chi connectivity index (χ3v) is 7.61. The van der Waals surface area contributed by atoms with Gasteiger partial charge in [0.05, 0.1) is 10.3 Å². The van der Waals surface area contributed by atoms with E-state index in [-0.39, 0.29) is 4.90 Å². The number of thiophene rings is 1. The van der Waals surface area contributed by atoms with Crippen molar-refractivity contribution in [3.8, 4) is 0 Å². The first-order chi connectivity index (χ1) is 13.1. The predicted molar refractivity (Wildman–Crippen MR) is 113 cm³/mol. The molecule has 0 radical (unpaired) electrons. The first-order valence-corrected chi connectivity index (χ1v) is 11.6. The van der Waals surface area contributed by atoms with Crippen LogP contribution in [-0.2, 0) is 22.9 Å². The average molecular weight is 417 g/mol. The SMILES string of the molecule is CC(C)(C)C1CCc2c(sc3ncnc(Nc4ccc(S(N)(=O)=O)cc4)c23)C1. The van der Waals surface area contributed by atoms with Crippen LogP contribution >= 0.6 is 11.3 Å². The molecule has 1 aromatic carbocycles. The summed E-state index contributed by atoms with van der Waals surface area (Å²) >= 11 is 1.76. The number of sulfonamides is 1. The highest BCUT2D eigenvalue weighted by molar-refractivity contribution is 7.89. The van der Waals surface area contributed by atoms with Crippen LogP contribution in [0.3, 0.4) is 0 Å². The van der Waals surface area contributed by atoms with Crippen LogP contribution in [0.2, 0.25) is 0 Å². The maximum atomic E-state index is 11.4. The molecule has 2 aromatic heterocycles. The van der Waals surface area contributed by atoms with Crippen LogP contribution in [0.4, 0.5) is 11.5 Å². The summed E-state index contributed by atoms with van der Waals surface area (Å²) in [5, 5.41) is 9.58. The van der Waals surface area contributed by atoms with E-state index in [2.05, 4.69) is 36.1 Å². The zero-order chi connectivity index (χ0) is 20.1. The Kier molecular flexibility index (Phi) is 4.68. The standard InChI is InChI=1S/C20H24N4O2S2/c1-20(2,3)12-4-9-15-16(10-12)27-19-17(15)18(22-11-23-19)24-13-5-7-14(8-6-13)28(21,25)26/h5-8,11-12H,4,9-10H2,1-3H3,(H2,21,25,26)(H,22,23,24). The third kappa shape index (κ3) is 3.64. The highest BCUT2D eigenvalue weighted by atomic mass is 32.2. The molecule has 3 N–H and O–H groups in total. The van der Waals surface area contributed by atoms with E-state index in [9.17, 15) is 8.42 Å². The Balaban J connectivity index is 1.69. The minimum atomic E-state index is -3.70. The topological polar surface area (TPSA) is 98.0 Å². The summed E-state index contributed by atoms with van der Waals surface area (Å²) in [6, 6.07) is 6.38. The number of nitrogens with zero attached hydrogens (tertiary/aromatic N) is 2. The molecule has 148 valence electrons. The summed E-state index contributed by atoms with van der Waals surface area (Å²) in [5.41, 5.74) is 2.41. The first kappa shape index (κ1) is 19.3. The monoisotopic (exact) mass is 416 g/mol. The third-order valence-electron chi connectivity index (χ3n) is 5.52. The van der Waals surface area contributed by atoms with E-state index in [1.165, 1.54) is 29.0 Å². The lowest BCUT2D eigenvalue weighted by atomic mass is 9.72. The van der Waals surface area contributed by atoms with Gasteiger partial charge in [0.1, 0.15) is 17.0 Å². The number of primary sulfonamides is 1. The molecule has 2 heterocycles. The van der Waals surface area contributed by atoms with Gasteiger partial charge in [-0.3, -0.25) is 0 Å². The molecule has 1 unspecified atom stereocenters. The maximum absolute atomic E-state index is 11.4. The molecule has 0 saturated carbocycles. The first-order valence-electron chi connectivity index (χ1n) is 9.28. The lowest BCUT2D eigenvalue weighted by molar-refractivity contribution is 0.218. The fourth-order valence-electron chi connectivity index (χ4n) is 3.81. The lowest BCUT2D eigenvalue weighted by Gasteiger charge is -2.33. The van der Waals surface area contributed by atoms with E-state index >= 15 is 0 Å². The van der Waals surface area contributed by atoms with Crippen molar-refractivity contribution >= 4 is 43.1 Å². The fraction of sp³-hybridized carbons (Fsp3) is 0.400. The van der Waals surface area contributed by atoms with Crippen molar-refractivity contribution in [3.63, 3.8) is 0 Å². The molecule has 1 aliphatic rings. The molecule has 0 spiro atoms. The van der Waals surface area contributed by atoms with Gasteiger partial charge in [0.25, 0.3) is 0 Å². The van der Waals surface area contributed by atoms with Crippen LogP contribution in [0.25, 0.3) is 10.2 Å². The molecule has 0 fully saturated rings. The molecule has 0 saturated heterocycles. The van der Waals surface area contributed by atoms with Gasteiger partial charge in [-0.05, 0) is 60.4 Å². The number of hydrogen-bond donors (Lipinski definition) is 2. The van der Waals surface area contributed by atoms with Gasteiger partial charge in [-0.15, -0.1) is 11.3 Å². The number of aryl methyl sites for hydroxylation is 1. The molecule has 28 heavy (non-hydrogen) atoms. The summed E-state index contributed by atoms with van der Waals surface area (Å²) in [7, 11) is -3.70. The summed E-state index contributed by atoms with van der Waals surface area (Å²) in [6.07, 6.45) is 4.86. The van der Waals surface area contributed by atoms with Gasteiger partial charge in [-0.25, -0.2) is 23.5 Å². The van der Waals surface area contributed by atoms with Gasteiger partial charge in [-0.2, -0.15) is 0 Å². The molecule has 6 nitrogen and oxygen atoms in total. The Morgan fingerprint density at radius 3 is 2.54 bits per heavy atom. The van der Waals surface area contributed by atoms with E-state index in [1.54, 1.807) is 29.8 Å². The van der Waals surface area contributed by atoms with Gasteiger partial charge in [0.2, 0.25) is 10.0 Å². The number of anilines is 2.